The van der Waals surface area contributed by atoms with Gasteiger partial charge in [-0.1, -0.05) is 0 Å². The second-order valence-corrected chi connectivity index (χ2v) is 5.90. The van der Waals surface area contributed by atoms with E-state index in [1.54, 1.807) is 16.7 Å². The molecule has 0 bridgehead atoms. The Morgan fingerprint density at radius 1 is 1.47 bits per heavy atom. The number of furan rings is 1. The Bertz CT molecular complexity index is 465. The molecule has 2 aromatic rings. The van der Waals surface area contributed by atoms with Gasteiger partial charge in [0, 0.05) is 27.9 Å². The van der Waals surface area contributed by atoms with Crippen LogP contribution in [-0.4, -0.2) is 0 Å². The first-order chi connectivity index (χ1) is 8.33. The summed E-state index contributed by atoms with van der Waals surface area (Å²) in [7, 11) is 0. The Hall–Kier alpha value is -1.06. The zero-order chi connectivity index (χ0) is 11.7. The van der Waals surface area contributed by atoms with Crippen LogP contribution in [-0.2, 0) is 19.4 Å². The van der Waals surface area contributed by atoms with E-state index < -0.39 is 0 Å². The van der Waals surface area contributed by atoms with Gasteiger partial charge >= 0.3 is 0 Å². The number of nitrogens with one attached hydrogen (secondary N) is 1. The second-order valence-electron chi connectivity index (χ2n) is 4.67. The van der Waals surface area contributed by atoms with Crippen molar-refractivity contribution in [2.24, 2.45) is 0 Å². The summed E-state index contributed by atoms with van der Waals surface area (Å²) in [5.74, 6) is 0. The highest BCUT2D eigenvalue weighted by atomic mass is 32.1. The van der Waals surface area contributed by atoms with Crippen LogP contribution in [0.25, 0.3) is 0 Å². The second kappa shape index (κ2) is 4.67. The average Bonchev–Trinajstić information content (AvgIpc) is 3.01. The maximum Gasteiger partial charge on any atom is 0.0950 e. The van der Waals surface area contributed by atoms with Gasteiger partial charge in [-0.2, -0.15) is 0 Å². The maximum atomic E-state index is 5.10. The fourth-order valence-corrected chi connectivity index (χ4v) is 3.58. The van der Waals surface area contributed by atoms with E-state index in [-0.39, 0.29) is 0 Å². The fraction of sp³-hybridized carbons (Fsp3) is 0.429. The number of rotatable bonds is 4. The molecule has 0 aromatic carbocycles. The third-order valence-corrected chi connectivity index (χ3v) is 4.66. The van der Waals surface area contributed by atoms with E-state index in [2.05, 4.69) is 18.3 Å². The first-order valence-electron chi connectivity index (χ1n) is 6.19. The molecule has 0 radical (unpaired) electrons. The van der Waals surface area contributed by atoms with Gasteiger partial charge in [0.05, 0.1) is 12.5 Å². The quantitative estimate of drug-likeness (QED) is 0.891. The summed E-state index contributed by atoms with van der Waals surface area (Å²) in [5.41, 5.74) is 2.80. The molecule has 1 aliphatic rings. The van der Waals surface area contributed by atoms with Crippen molar-refractivity contribution in [1.82, 2.24) is 5.32 Å². The van der Waals surface area contributed by atoms with Crippen molar-refractivity contribution in [3.8, 4) is 0 Å². The Morgan fingerprint density at radius 2 is 2.41 bits per heavy atom. The van der Waals surface area contributed by atoms with E-state index in [9.17, 15) is 0 Å². The Labute approximate surface area is 106 Å². The molecule has 1 N–H and O–H groups in total. The van der Waals surface area contributed by atoms with Gasteiger partial charge in [0.1, 0.15) is 0 Å². The van der Waals surface area contributed by atoms with Crippen LogP contribution in [0.3, 0.4) is 0 Å². The minimum atomic E-state index is 0.352. The minimum absolute atomic E-state index is 0.352. The fourth-order valence-electron chi connectivity index (χ4n) is 2.37. The zero-order valence-corrected chi connectivity index (χ0v) is 10.8. The Morgan fingerprint density at radius 3 is 3.18 bits per heavy atom. The SMILES string of the molecule is CC(NCc1cc2c(s1)CCC2)c1ccoc1. The van der Waals surface area contributed by atoms with Crippen molar-refractivity contribution in [2.45, 2.75) is 38.8 Å². The lowest BCUT2D eigenvalue weighted by Gasteiger charge is -2.10. The summed E-state index contributed by atoms with van der Waals surface area (Å²) in [4.78, 5) is 3.07. The van der Waals surface area contributed by atoms with Crippen LogP contribution in [0, 0.1) is 0 Å². The molecule has 1 aliphatic carbocycles. The predicted octanol–water partition coefficient (Wildman–Crippen LogP) is 3.68. The molecule has 0 saturated carbocycles. The molecule has 0 amide bonds. The molecule has 0 fully saturated rings. The van der Waals surface area contributed by atoms with E-state index in [0.29, 0.717) is 6.04 Å². The molecule has 1 atom stereocenters. The van der Waals surface area contributed by atoms with Gasteiger partial charge < -0.3 is 9.73 Å². The van der Waals surface area contributed by atoms with Gasteiger partial charge in [0.2, 0.25) is 0 Å². The van der Waals surface area contributed by atoms with E-state index in [1.165, 1.54) is 29.7 Å². The number of hydrogen-bond donors (Lipinski definition) is 1. The first kappa shape index (κ1) is 11.1. The van der Waals surface area contributed by atoms with E-state index in [1.807, 2.05) is 23.7 Å². The summed E-state index contributed by atoms with van der Waals surface area (Å²) in [6, 6.07) is 4.75. The van der Waals surface area contributed by atoms with Crippen LogP contribution < -0.4 is 5.32 Å². The van der Waals surface area contributed by atoms with Gasteiger partial charge in [-0.25, -0.2) is 0 Å². The normalized spacial score (nSPS) is 16.1. The summed E-state index contributed by atoms with van der Waals surface area (Å²) < 4.78 is 5.10. The number of fused-ring (bicyclic) bond motifs is 1. The molecule has 3 heteroatoms. The van der Waals surface area contributed by atoms with Crippen molar-refractivity contribution in [3.63, 3.8) is 0 Å². The highest BCUT2D eigenvalue weighted by molar-refractivity contribution is 7.12. The molecular weight excluding hydrogens is 230 g/mol. The molecule has 0 spiro atoms. The number of thiophene rings is 1. The summed E-state index contributed by atoms with van der Waals surface area (Å²) in [6.07, 6.45) is 7.46. The van der Waals surface area contributed by atoms with Crippen LogP contribution in [0.5, 0.6) is 0 Å². The molecule has 2 heterocycles. The van der Waals surface area contributed by atoms with Crippen molar-refractivity contribution < 1.29 is 4.42 Å². The molecule has 0 aliphatic heterocycles. The molecule has 0 saturated heterocycles. The minimum Gasteiger partial charge on any atom is -0.472 e. The van der Waals surface area contributed by atoms with Crippen LogP contribution in [0.15, 0.2) is 29.1 Å². The van der Waals surface area contributed by atoms with E-state index >= 15 is 0 Å². The van der Waals surface area contributed by atoms with Crippen LogP contribution in [0.1, 0.15) is 40.3 Å². The van der Waals surface area contributed by atoms with Gasteiger partial charge in [-0.3, -0.25) is 0 Å². The molecular formula is C14H17NOS. The smallest absolute Gasteiger partial charge is 0.0950 e. The maximum absolute atomic E-state index is 5.10. The van der Waals surface area contributed by atoms with Gasteiger partial charge in [-0.15, -0.1) is 11.3 Å². The molecule has 1 unspecified atom stereocenters. The summed E-state index contributed by atoms with van der Waals surface area (Å²) in [6.45, 7) is 3.14. The highest BCUT2D eigenvalue weighted by Gasteiger charge is 2.15. The molecule has 3 rings (SSSR count). The van der Waals surface area contributed by atoms with E-state index in [4.69, 9.17) is 4.42 Å². The Balaban J connectivity index is 1.60. The van der Waals surface area contributed by atoms with Gasteiger partial charge in [-0.05, 0) is 43.9 Å². The zero-order valence-electron chi connectivity index (χ0n) is 10.0. The highest BCUT2D eigenvalue weighted by Crippen LogP contribution is 2.30. The predicted molar refractivity (Wildman–Crippen MR) is 70.3 cm³/mol. The van der Waals surface area contributed by atoms with Gasteiger partial charge in [0.25, 0.3) is 0 Å². The number of aryl methyl sites for hydroxylation is 2. The summed E-state index contributed by atoms with van der Waals surface area (Å²) in [5, 5.41) is 3.54. The Kier molecular flexibility index (Phi) is 3.04. The van der Waals surface area contributed by atoms with E-state index in [0.717, 1.165) is 6.54 Å². The molecule has 2 aromatic heterocycles. The van der Waals surface area contributed by atoms with Crippen LogP contribution in [0.4, 0.5) is 0 Å². The van der Waals surface area contributed by atoms with Crippen molar-refractivity contribution in [1.29, 1.82) is 0 Å². The lowest BCUT2D eigenvalue weighted by Crippen LogP contribution is -2.16. The monoisotopic (exact) mass is 247 g/mol. The molecule has 2 nitrogen and oxygen atoms in total. The average molecular weight is 247 g/mol. The van der Waals surface area contributed by atoms with Crippen LogP contribution in [0.2, 0.25) is 0 Å². The topological polar surface area (TPSA) is 25.2 Å². The third kappa shape index (κ3) is 2.31. The lowest BCUT2D eigenvalue weighted by molar-refractivity contribution is 0.540. The first-order valence-corrected chi connectivity index (χ1v) is 7.00. The molecule has 90 valence electrons. The van der Waals surface area contributed by atoms with Crippen molar-refractivity contribution in [2.75, 3.05) is 0 Å². The number of hydrogen-bond acceptors (Lipinski definition) is 3. The largest absolute Gasteiger partial charge is 0.472 e. The standard InChI is InChI=1S/C14H17NOS/c1-10(12-5-6-16-9-12)15-8-13-7-11-3-2-4-14(11)17-13/h5-7,9-10,15H,2-4,8H2,1H3. The van der Waals surface area contributed by atoms with Gasteiger partial charge in [0.15, 0.2) is 0 Å². The van der Waals surface area contributed by atoms with Crippen molar-refractivity contribution >= 4 is 11.3 Å². The lowest BCUT2D eigenvalue weighted by atomic mass is 10.2. The third-order valence-electron chi connectivity index (χ3n) is 3.42. The van der Waals surface area contributed by atoms with Crippen molar-refractivity contribution in [3.05, 3.63) is 45.5 Å². The summed E-state index contributed by atoms with van der Waals surface area (Å²) >= 11 is 1.98. The molecule has 17 heavy (non-hydrogen) atoms. The van der Waals surface area contributed by atoms with Crippen LogP contribution >= 0.6 is 11.3 Å².